The number of methoxy groups -OCH3 is 1. The highest BCUT2D eigenvalue weighted by Gasteiger charge is 2.22. The number of ether oxygens (including phenoxy) is 1. The average molecular weight is 392 g/mol. The first-order chi connectivity index (χ1) is 13.9. The van der Waals surface area contributed by atoms with E-state index in [9.17, 15) is 14.7 Å². The Labute approximate surface area is 169 Å². The lowest BCUT2D eigenvalue weighted by Gasteiger charge is -2.16. The smallest absolute Gasteiger partial charge is 0.326 e. The summed E-state index contributed by atoms with van der Waals surface area (Å²) in [4.78, 5) is 29.3. The summed E-state index contributed by atoms with van der Waals surface area (Å²) in [5, 5.41) is 12.7. The predicted octanol–water partition coefficient (Wildman–Crippen LogP) is 3.74. The van der Waals surface area contributed by atoms with Gasteiger partial charge in [0, 0.05) is 31.1 Å². The maximum absolute atomic E-state index is 13.0. The van der Waals surface area contributed by atoms with Gasteiger partial charge in [0.1, 0.15) is 6.04 Å². The molecule has 1 heterocycles. The Morgan fingerprint density at radius 1 is 1.14 bits per heavy atom. The molecule has 6 nitrogen and oxygen atoms in total. The zero-order valence-corrected chi connectivity index (χ0v) is 16.7. The summed E-state index contributed by atoms with van der Waals surface area (Å²) in [5.74, 6) is -1.54. The molecule has 0 spiro atoms. The molecule has 6 heteroatoms. The third kappa shape index (κ3) is 4.60. The van der Waals surface area contributed by atoms with Crippen molar-refractivity contribution in [3.8, 4) is 11.3 Å². The Kier molecular flexibility index (Phi) is 6.24. The topological polar surface area (TPSA) is 88.5 Å². The number of para-hydroxylation sites is 1. The molecule has 1 aromatic heterocycles. The molecule has 0 saturated carbocycles. The number of carbonyl (C=O) groups is 2. The van der Waals surface area contributed by atoms with E-state index < -0.39 is 17.9 Å². The fourth-order valence-corrected chi connectivity index (χ4v) is 3.33. The van der Waals surface area contributed by atoms with Crippen molar-refractivity contribution >= 4 is 22.8 Å². The molecular formula is C23H24N2O4. The number of carbonyl (C=O) groups excluding carboxylic acids is 1. The lowest BCUT2D eigenvalue weighted by Crippen LogP contribution is -2.41. The Bertz CT molecular complexity index is 1060. The molecule has 29 heavy (non-hydrogen) atoms. The van der Waals surface area contributed by atoms with Crippen LogP contribution in [-0.2, 0) is 9.53 Å². The first-order valence-corrected chi connectivity index (χ1v) is 9.40. The second-order valence-corrected chi connectivity index (χ2v) is 7.04. The van der Waals surface area contributed by atoms with E-state index in [1.54, 1.807) is 6.07 Å². The van der Waals surface area contributed by atoms with Crippen molar-refractivity contribution in [1.29, 1.82) is 0 Å². The first kappa shape index (κ1) is 20.5. The molecule has 0 radical (unpaired) electrons. The van der Waals surface area contributed by atoms with E-state index in [1.807, 2.05) is 50.2 Å². The summed E-state index contributed by atoms with van der Waals surface area (Å²) in [6.45, 7) is 4.27. The number of nitrogens with zero attached hydrogens (tertiary/aromatic N) is 1. The molecule has 2 N–H and O–H groups in total. The summed E-state index contributed by atoms with van der Waals surface area (Å²) in [6, 6.07) is 14.1. The number of benzene rings is 2. The van der Waals surface area contributed by atoms with Gasteiger partial charge in [-0.05, 0) is 31.5 Å². The first-order valence-electron chi connectivity index (χ1n) is 9.40. The number of fused-ring (bicyclic) bond motifs is 1. The fourth-order valence-electron chi connectivity index (χ4n) is 3.33. The predicted molar refractivity (Wildman–Crippen MR) is 112 cm³/mol. The summed E-state index contributed by atoms with van der Waals surface area (Å²) >= 11 is 0. The van der Waals surface area contributed by atoms with Gasteiger partial charge in [-0.15, -0.1) is 0 Å². The molecule has 0 bridgehead atoms. The minimum absolute atomic E-state index is 0.185. The minimum atomic E-state index is -1.09. The van der Waals surface area contributed by atoms with E-state index in [-0.39, 0.29) is 13.0 Å². The molecule has 1 atom stereocenters. The van der Waals surface area contributed by atoms with Crippen molar-refractivity contribution in [2.75, 3.05) is 13.7 Å². The second-order valence-electron chi connectivity index (χ2n) is 7.04. The number of hydrogen-bond acceptors (Lipinski definition) is 4. The van der Waals surface area contributed by atoms with Crippen LogP contribution in [0.25, 0.3) is 22.2 Å². The van der Waals surface area contributed by atoms with Crippen LogP contribution in [0.4, 0.5) is 0 Å². The van der Waals surface area contributed by atoms with Gasteiger partial charge in [-0.1, -0.05) is 42.0 Å². The number of aromatic nitrogens is 1. The maximum Gasteiger partial charge on any atom is 0.326 e. The Balaban J connectivity index is 2.06. The molecular weight excluding hydrogens is 368 g/mol. The van der Waals surface area contributed by atoms with Crippen LogP contribution in [0, 0.1) is 13.8 Å². The molecule has 1 unspecified atom stereocenters. The number of carboxylic acid groups (broad SMARTS) is 1. The van der Waals surface area contributed by atoms with Gasteiger partial charge in [0.25, 0.3) is 5.91 Å². The summed E-state index contributed by atoms with van der Waals surface area (Å²) in [7, 11) is 1.49. The quantitative estimate of drug-likeness (QED) is 0.639. The molecule has 0 fully saturated rings. The van der Waals surface area contributed by atoms with Gasteiger partial charge in [0.05, 0.1) is 16.8 Å². The van der Waals surface area contributed by atoms with Crippen LogP contribution in [0.5, 0.6) is 0 Å². The normalized spacial score (nSPS) is 12.0. The van der Waals surface area contributed by atoms with Crippen LogP contribution in [0.3, 0.4) is 0 Å². The fraction of sp³-hybridized carbons (Fsp3) is 0.261. The largest absolute Gasteiger partial charge is 0.480 e. The van der Waals surface area contributed by atoms with Crippen LogP contribution < -0.4 is 5.32 Å². The molecule has 2 aromatic carbocycles. The Morgan fingerprint density at radius 3 is 2.59 bits per heavy atom. The SMILES string of the molecule is COCCC(NC(=O)c1cc(-c2ccc(C)cc2C)nc2ccccc12)C(=O)O. The van der Waals surface area contributed by atoms with Crippen molar-refractivity contribution in [3.63, 3.8) is 0 Å². The van der Waals surface area contributed by atoms with Crippen molar-refractivity contribution in [2.24, 2.45) is 0 Å². The van der Waals surface area contributed by atoms with Crippen molar-refractivity contribution in [2.45, 2.75) is 26.3 Å². The van der Waals surface area contributed by atoms with Crippen LogP contribution in [0.2, 0.25) is 0 Å². The standard InChI is InChI=1S/C23H24N2O4/c1-14-8-9-16(15(2)12-14)21-13-18(17-6-4-5-7-19(17)24-21)22(26)25-20(23(27)28)10-11-29-3/h4-9,12-13,20H,10-11H2,1-3H3,(H,25,26)(H,27,28). The van der Waals surface area contributed by atoms with Crippen LogP contribution in [0.15, 0.2) is 48.5 Å². The van der Waals surface area contributed by atoms with E-state index in [0.29, 0.717) is 22.2 Å². The van der Waals surface area contributed by atoms with Crippen LogP contribution >= 0.6 is 0 Å². The van der Waals surface area contributed by atoms with Crippen molar-refractivity contribution in [3.05, 3.63) is 65.2 Å². The lowest BCUT2D eigenvalue weighted by atomic mass is 9.99. The number of carboxylic acids is 1. The highest BCUT2D eigenvalue weighted by atomic mass is 16.5. The molecule has 3 rings (SSSR count). The molecule has 3 aromatic rings. The zero-order valence-electron chi connectivity index (χ0n) is 16.7. The van der Waals surface area contributed by atoms with Gasteiger partial charge in [-0.2, -0.15) is 0 Å². The van der Waals surface area contributed by atoms with E-state index in [1.165, 1.54) is 7.11 Å². The number of pyridine rings is 1. The molecule has 0 saturated heterocycles. The zero-order chi connectivity index (χ0) is 21.0. The number of aliphatic carboxylic acids is 1. The van der Waals surface area contributed by atoms with Crippen molar-refractivity contribution in [1.82, 2.24) is 10.3 Å². The van der Waals surface area contributed by atoms with Gasteiger partial charge < -0.3 is 15.2 Å². The van der Waals surface area contributed by atoms with Gasteiger partial charge in [-0.3, -0.25) is 4.79 Å². The van der Waals surface area contributed by atoms with E-state index in [0.717, 1.165) is 16.7 Å². The summed E-state index contributed by atoms with van der Waals surface area (Å²) < 4.78 is 4.96. The number of rotatable bonds is 7. The third-order valence-corrected chi connectivity index (χ3v) is 4.83. The van der Waals surface area contributed by atoms with E-state index in [4.69, 9.17) is 9.72 Å². The number of amides is 1. The minimum Gasteiger partial charge on any atom is -0.480 e. The Morgan fingerprint density at radius 2 is 1.90 bits per heavy atom. The number of hydrogen-bond donors (Lipinski definition) is 2. The van der Waals surface area contributed by atoms with Gasteiger partial charge in [0.15, 0.2) is 0 Å². The van der Waals surface area contributed by atoms with Gasteiger partial charge >= 0.3 is 5.97 Å². The third-order valence-electron chi connectivity index (χ3n) is 4.83. The van der Waals surface area contributed by atoms with Crippen LogP contribution in [0.1, 0.15) is 27.9 Å². The molecule has 1 amide bonds. The summed E-state index contributed by atoms with van der Waals surface area (Å²) in [6.07, 6.45) is 0.185. The van der Waals surface area contributed by atoms with E-state index >= 15 is 0 Å². The second kappa shape index (κ2) is 8.84. The molecule has 0 aliphatic heterocycles. The number of aryl methyl sites for hydroxylation is 2. The average Bonchev–Trinajstić information content (AvgIpc) is 2.69. The van der Waals surface area contributed by atoms with Gasteiger partial charge in [0.2, 0.25) is 0 Å². The molecule has 0 aliphatic carbocycles. The summed E-state index contributed by atoms with van der Waals surface area (Å²) in [5.41, 5.74) is 4.89. The molecule has 150 valence electrons. The van der Waals surface area contributed by atoms with E-state index in [2.05, 4.69) is 11.4 Å². The number of nitrogens with one attached hydrogen (secondary N) is 1. The van der Waals surface area contributed by atoms with Crippen LogP contribution in [-0.4, -0.2) is 41.7 Å². The van der Waals surface area contributed by atoms with Crippen molar-refractivity contribution < 1.29 is 19.4 Å². The maximum atomic E-state index is 13.0. The monoisotopic (exact) mass is 392 g/mol. The highest BCUT2D eigenvalue weighted by Crippen LogP contribution is 2.27. The van der Waals surface area contributed by atoms with Gasteiger partial charge in [-0.25, -0.2) is 9.78 Å². The molecule has 0 aliphatic rings. The lowest BCUT2D eigenvalue weighted by molar-refractivity contribution is -0.139. The Hall–Kier alpha value is -3.25. The highest BCUT2D eigenvalue weighted by molar-refractivity contribution is 6.08.